The van der Waals surface area contributed by atoms with Gasteiger partial charge in [0.2, 0.25) is 10.0 Å². The van der Waals surface area contributed by atoms with E-state index >= 15 is 0 Å². The summed E-state index contributed by atoms with van der Waals surface area (Å²) in [7, 11) is -3.40. The zero-order chi connectivity index (χ0) is 14.0. The first-order chi connectivity index (χ1) is 8.94. The van der Waals surface area contributed by atoms with Crippen molar-refractivity contribution in [1.82, 2.24) is 4.72 Å². The van der Waals surface area contributed by atoms with E-state index in [4.69, 9.17) is 4.74 Å². The number of aryl methyl sites for hydroxylation is 1. The normalized spacial score (nSPS) is 23.9. The van der Waals surface area contributed by atoms with Crippen molar-refractivity contribution >= 4 is 37.3 Å². The van der Waals surface area contributed by atoms with E-state index in [1.165, 1.54) is 11.3 Å². The lowest BCUT2D eigenvalue weighted by molar-refractivity contribution is 0.0884. The molecule has 1 aromatic heterocycles. The Morgan fingerprint density at radius 3 is 2.89 bits per heavy atom. The molecule has 0 radical (unpaired) electrons. The molecular weight excluding hydrogens is 350 g/mol. The number of nitrogens with one attached hydrogen (secondary N) is 1. The van der Waals surface area contributed by atoms with Gasteiger partial charge >= 0.3 is 0 Å². The monoisotopic (exact) mass is 367 g/mol. The number of hydrogen-bond donors (Lipinski definition) is 1. The molecular formula is C12H18BrNO3S2. The lowest BCUT2D eigenvalue weighted by Gasteiger charge is -2.16. The number of thiophene rings is 1. The second-order valence-electron chi connectivity index (χ2n) is 4.74. The quantitative estimate of drug-likeness (QED) is 0.870. The van der Waals surface area contributed by atoms with E-state index in [-0.39, 0.29) is 12.0 Å². The van der Waals surface area contributed by atoms with Crippen LogP contribution in [0.3, 0.4) is 0 Å². The molecule has 2 rings (SSSR count). The summed E-state index contributed by atoms with van der Waals surface area (Å²) in [5.74, 6) is 0.282. The first kappa shape index (κ1) is 15.4. The summed E-state index contributed by atoms with van der Waals surface area (Å²) in [6, 6.07) is 1.69. The zero-order valence-electron chi connectivity index (χ0n) is 11.0. The van der Waals surface area contributed by atoms with Crippen LogP contribution in [0.2, 0.25) is 0 Å². The fourth-order valence-corrected chi connectivity index (χ4v) is 5.59. The SMILES string of the molecule is CCC1OCCC1CNS(=O)(=O)c1cc(C)c(Br)s1. The molecule has 4 nitrogen and oxygen atoms in total. The van der Waals surface area contributed by atoms with Gasteiger partial charge in [0.15, 0.2) is 0 Å². The molecule has 1 aromatic rings. The summed E-state index contributed by atoms with van der Waals surface area (Å²) in [5.41, 5.74) is 0.945. The van der Waals surface area contributed by atoms with Crippen LogP contribution in [-0.2, 0) is 14.8 Å². The average Bonchev–Trinajstić information content (AvgIpc) is 2.94. The van der Waals surface area contributed by atoms with Crippen molar-refractivity contribution in [3.63, 3.8) is 0 Å². The molecule has 0 aliphatic carbocycles. The highest BCUT2D eigenvalue weighted by atomic mass is 79.9. The van der Waals surface area contributed by atoms with Crippen LogP contribution in [0.15, 0.2) is 14.1 Å². The molecule has 1 aliphatic rings. The van der Waals surface area contributed by atoms with Gasteiger partial charge in [0.25, 0.3) is 0 Å². The number of hydrogen-bond acceptors (Lipinski definition) is 4. The van der Waals surface area contributed by atoms with Gasteiger partial charge in [-0.2, -0.15) is 0 Å². The standard InChI is InChI=1S/C12H18BrNO3S2/c1-3-10-9(4-5-17-10)7-14-19(15,16)11-6-8(2)12(13)18-11/h6,9-10,14H,3-5,7H2,1-2H3. The van der Waals surface area contributed by atoms with Gasteiger partial charge in [-0.15, -0.1) is 11.3 Å². The van der Waals surface area contributed by atoms with Crippen LogP contribution in [-0.4, -0.2) is 27.7 Å². The van der Waals surface area contributed by atoms with Crippen molar-refractivity contribution in [2.24, 2.45) is 5.92 Å². The van der Waals surface area contributed by atoms with E-state index in [0.29, 0.717) is 10.8 Å². The zero-order valence-corrected chi connectivity index (χ0v) is 14.2. The van der Waals surface area contributed by atoms with Crippen LogP contribution in [0.5, 0.6) is 0 Å². The minimum atomic E-state index is -3.40. The highest BCUT2D eigenvalue weighted by Gasteiger charge is 2.28. The van der Waals surface area contributed by atoms with Crippen molar-refractivity contribution in [2.45, 2.75) is 37.0 Å². The summed E-state index contributed by atoms with van der Waals surface area (Å²) in [5, 5.41) is 0. The van der Waals surface area contributed by atoms with Crippen LogP contribution >= 0.6 is 27.3 Å². The third-order valence-electron chi connectivity index (χ3n) is 3.38. The Labute approximate surface area is 126 Å². The Morgan fingerprint density at radius 2 is 2.32 bits per heavy atom. The van der Waals surface area contributed by atoms with Crippen molar-refractivity contribution in [3.05, 3.63) is 15.4 Å². The van der Waals surface area contributed by atoms with Crippen LogP contribution in [0.1, 0.15) is 25.3 Å². The Kier molecular flexibility index (Phi) is 5.05. The molecule has 1 fully saturated rings. The molecule has 1 saturated heterocycles. The summed E-state index contributed by atoms with van der Waals surface area (Å²) in [6.45, 7) is 5.14. The summed E-state index contributed by atoms with van der Waals surface area (Å²) in [6.07, 6.45) is 2.03. The van der Waals surface area contributed by atoms with Gasteiger partial charge in [-0.25, -0.2) is 13.1 Å². The van der Waals surface area contributed by atoms with E-state index in [1.54, 1.807) is 6.07 Å². The molecule has 2 atom stereocenters. The molecule has 0 saturated carbocycles. The van der Waals surface area contributed by atoms with Gasteiger partial charge in [-0.3, -0.25) is 0 Å². The Balaban J connectivity index is 2.02. The van der Waals surface area contributed by atoms with Gasteiger partial charge in [0, 0.05) is 19.1 Å². The van der Waals surface area contributed by atoms with Crippen LogP contribution < -0.4 is 4.72 Å². The molecule has 2 heterocycles. The fourth-order valence-electron chi connectivity index (χ4n) is 2.23. The molecule has 1 aliphatic heterocycles. The van der Waals surface area contributed by atoms with Crippen molar-refractivity contribution in [1.29, 1.82) is 0 Å². The van der Waals surface area contributed by atoms with E-state index in [2.05, 4.69) is 27.6 Å². The Hall–Kier alpha value is 0.0500. The predicted molar refractivity (Wildman–Crippen MR) is 80.1 cm³/mol. The van der Waals surface area contributed by atoms with Crippen molar-refractivity contribution in [3.8, 4) is 0 Å². The molecule has 0 spiro atoms. The van der Waals surface area contributed by atoms with Gasteiger partial charge in [0.1, 0.15) is 4.21 Å². The average molecular weight is 368 g/mol. The highest BCUT2D eigenvalue weighted by molar-refractivity contribution is 9.11. The second-order valence-corrected chi connectivity index (χ2v) is 9.10. The summed E-state index contributed by atoms with van der Waals surface area (Å²) >= 11 is 4.60. The summed E-state index contributed by atoms with van der Waals surface area (Å²) < 4.78 is 33.9. The second kappa shape index (κ2) is 6.22. The molecule has 19 heavy (non-hydrogen) atoms. The molecule has 0 amide bonds. The Morgan fingerprint density at radius 1 is 1.58 bits per heavy atom. The number of ether oxygens (including phenoxy) is 1. The van der Waals surface area contributed by atoms with E-state index in [9.17, 15) is 8.42 Å². The number of halogens is 1. The van der Waals surface area contributed by atoms with Crippen LogP contribution in [0, 0.1) is 12.8 Å². The maximum atomic E-state index is 12.2. The maximum Gasteiger partial charge on any atom is 0.250 e. The minimum Gasteiger partial charge on any atom is -0.378 e. The third kappa shape index (κ3) is 3.58. The molecule has 0 bridgehead atoms. The van der Waals surface area contributed by atoms with Gasteiger partial charge in [-0.1, -0.05) is 6.92 Å². The van der Waals surface area contributed by atoms with Crippen molar-refractivity contribution < 1.29 is 13.2 Å². The van der Waals surface area contributed by atoms with E-state index in [1.807, 2.05) is 6.92 Å². The van der Waals surface area contributed by atoms with E-state index < -0.39 is 10.0 Å². The van der Waals surface area contributed by atoms with Gasteiger partial charge < -0.3 is 4.74 Å². The maximum absolute atomic E-state index is 12.2. The smallest absolute Gasteiger partial charge is 0.250 e. The Bertz CT molecular complexity index is 522. The van der Waals surface area contributed by atoms with Gasteiger partial charge in [-0.05, 0) is 47.3 Å². The molecule has 0 aromatic carbocycles. The predicted octanol–water partition coefficient (Wildman–Crippen LogP) is 2.91. The largest absolute Gasteiger partial charge is 0.378 e. The van der Waals surface area contributed by atoms with Crippen LogP contribution in [0.25, 0.3) is 0 Å². The lowest BCUT2D eigenvalue weighted by Crippen LogP contribution is -2.32. The highest BCUT2D eigenvalue weighted by Crippen LogP contribution is 2.30. The van der Waals surface area contributed by atoms with Crippen LogP contribution in [0.4, 0.5) is 0 Å². The number of rotatable bonds is 5. The fraction of sp³-hybridized carbons (Fsp3) is 0.667. The van der Waals surface area contributed by atoms with Crippen molar-refractivity contribution in [2.75, 3.05) is 13.2 Å². The molecule has 7 heteroatoms. The number of sulfonamides is 1. The third-order valence-corrected chi connectivity index (χ3v) is 7.42. The molecule has 1 N–H and O–H groups in total. The van der Waals surface area contributed by atoms with E-state index in [0.717, 1.165) is 28.8 Å². The lowest BCUT2D eigenvalue weighted by atomic mass is 10.0. The van der Waals surface area contributed by atoms with Gasteiger partial charge in [0.05, 0.1) is 9.89 Å². The first-order valence-electron chi connectivity index (χ1n) is 6.31. The topological polar surface area (TPSA) is 55.4 Å². The minimum absolute atomic E-state index is 0.180. The molecule has 2 unspecified atom stereocenters. The first-order valence-corrected chi connectivity index (χ1v) is 9.40. The molecule has 108 valence electrons. The summed E-state index contributed by atoms with van der Waals surface area (Å²) in [4.78, 5) is 0.